The number of amides is 1. The van der Waals surface area contributed by atoms with E-state index in [0.29, 0.717) is 12.6 Å². The maximum atomic E-state index is 12.0. The Labute approximate surface area is 109 Å². The molecule has 1 aliphatic rings. The van der Waals surface area contributed by atoms with E-state index in [1.54, 1.807) is 0 Å². The van der Waals surface area contributed by atoms with Crippen LogP contribution < -0.4 is 5.32 Å². The lowest BCUT2D eigenvalue weighted by molar-refractivity contribution is -0.122. The van der Waals surface area contributed by atoms with Gasteiger partial charge in [0.05, 0.1) is 5.69 Å². The molecule has 100 valence electrons. The molecule has 1 amide bonds. The van der Waals surface area contributed by atoms with Crippen molar-refractivity contribution in [2.45, 2.75) is 65.0 Å². The van der Waals surface area contributed by atoms with Gasteiger partial charge in [0, 0.05) is 12.2 Å². The average molecular weight is 249 g/mol. The van der Waals surface area contributed by atoms with E-state index in [2.05, 4.69) is 17.2 Å². The van der Waals surface area contributed by atoms with Crippen LogP contribution in [0.15, 0.2) is 6.20 Å². The molecule has 2 rings (SSSR count). The molecule has 0 atom stereocenters. The largest absolute Gasteiger partial charge is 0.352 e. The van der Waals surface area contributed by atoms with Crippen LogP contribution in [-0.4, -0.2) is 21.5 Å². The SMILES string of the molecule is CCc1cn(CC(=O)NC2CCCCC2)c(C)n1. The first-order valence-electron chi connectivity index (χ1n) is 7.01. The Kier molecular flexibility index (Phi) is 4.39. The number of nitrogens with one attached hydrogen (secondary N) is 1. The molecule has 1 aromatic heterocycles. The van der Waals surface area contributed by atoms with E-state index in [1.165, 1.54) is 19.3 Å². The van der Waals surface area contributed by atoms with E-state index < -0.39 is 0 Å². The number of rotatable bonds is 4. The highest BCUT2D eigenvalue weighted by Gasteiger charge is 2.16. The molecular weight excluding hydrogens is 226 g/mol. The molecule has 0 unspecified atom stereocenters. The third kappa shape index (κ3) is 3.34. The molecule has 1 aliphatic carbocycles. The fourth-order valence-electron chi connectivity index (χ4n) is 2.58. The molecular formula is C14H23N3O. The van der Waals surface area contributed by atoms with Crippen LogP contribution in [0.25, 0.3) is 0 Å². The number of aryl methyl sites for hydroxylation is 2. The average Bonchev–Trinajstić information content (AvgIpc) is 2.71. The van der Waals surface area contributed by atoms with Gasteiger partial charge in [-0.15, -0.1) is 0 Å². The summed E-state index contributed by atoms with van der Waals surface area (Å²) in [6, 6.07) is 0.390. The molecule has 0 bridgehead atoms. The molecule has 1 saturated carbocycles. The monoisotopic (exact) mass is 249 g/mol. The van der Waals surface area contributed by atoms with Crippen molar-refractivity contribution in [1.29, 1.82) is 0 Å². The normalized spacial score (nSPS) is 16.8. The van der Waals surface area contributed by atoms with Crippen molar-refractivity contribution in [2.75, 3.05) is 0 Å². The Balaban J connectivity index is 1.87. The van der Waals surface area contributed by atoms with Crippen molar-refractivity contribution < 1.29 is 4.79 Å². The summed E-state index contributed by atoms with van der Waals surface area (Å²) in [6.07, 6.45) is 8.97. The molecule has 0 saturated heterocycles. The molecule has 4 heteroatoms. The zero-order chi connectivity index (χ0) is 13.0. The first kappa shape index (κ1) is 13.1. The second kappa shape index (κ2) is 6.03. The number of imidazole rings is 1. The molecule has 1 aromatic rings. The van der Waals surface area contributed by atoms with Gasteiger partial charge in [-0.1, -0.05) is 26.2 Å². The van der Waals surface area contributed by atoms with Gasteiger partial charge in [0.1, 0.15) is 12.4 Å². The van der Waals surface area contributed by atoms with Crippen molar-refractivity contribution in [3.05, 3.63) is 17.7 Å². The summed E-state index contributed by atoms with van der Waals surface area (Å²) in [5.74, 6) is 1.04. The van der Waals surface area contributed by atoms with Crippen LogP contribution in [0.1, 0.15) is 50.5 Å². The minimum Gasteiger partial charge on any atom is -0.352 e. The quantitative estimate of drug-likeness (QED) is 0.889. The summed E-state index contributed by atoms with van der Waals surface area (Å²) < 4.78 is 1.94. The highest BCUT2D eigenvalue weighted by molar-refractivity contribution is 5.76. The third-order valence-electron chi connectivity index (χ3n) is 3.67. The topological polar surface area (TPSA) is 46.9 Å². The van der Waals surface area contributed by atoms with E-state index in [1.807, 2.05) is 17.7 Å². The number of carbonyl (C=O) groups excluding carboxylic acids is 1. The number of carbonyl (C=O) groups is 1. The first-order valence-corrected chi connectivity index (χ1v) is 7.01. The molecule has 18 heavy (non-hydrogen) atoms. The first-order chi connectivity index (χ1) is 8.69. The molecule has 0 aliphatic heterocycles. The van der Waals surface area contributed by atoms with Gasteiger partial charge in [0.15, 0.2) is 0 Å². The summed E-state index contributed by atoms with van der Waals surface area (Å²) in [4.78, 5) is 16.4. The van der Waals surface area contributed by atoms with E-state index in [-0.39, 0.29) is 5.91 Å². The summed E-state index contributed by atoms with van der Waals surface area (Å²) in [6.45, 7) is 4.43. The van der Waals surface area contributed by atoms with E-state index >= 15 is 0 Å². The van der Waals surface area contributed by atoms with Gasteiger partial charge >= 0.3 is 0 Å². The zero-order valence-electron chi connectivity index (χ0n) is 11.4. The molecule has 0 spiro atoms. The Morgan fingerprint density at radius 1 is 1.44 bits per heavy atom. The second-order valence-electron chi connectivity index (χ2n) is 5.16. The lowest BCUT2D eigenvalue weighted by Crippen LogP contribution is -2.38. The molecule has 1 fully saturated rings. The van der Waals surface area contributed by atoms with Crippen molar-refractivity contribution >= 4 is 5.91 Å². The van der Waals surface area contributed by atoms with Gasteiger partial charge in [-0.3, -0.25) is 4.79 Å². The van der Waals surface area contributed by atoms with Crippen LogP contribution >= 0.6 is 0 Å². The number of hydrogen-bond donors (Lipinski definition) is 1. The second-order valence-corrected chi connectivity index (χ2v) is 5.16. The maximum Gasteiger partial charge on any atom is 0.240 e. The van der Waals surface area contributed by atoms with Crippen LogP contribution in [0.3, 0.4) is 0 Å². The van der Waals surface area contributed by atoms with Gasteiger partial charge in [0.2, 0.25) is 5.91 Å². The van der Waals surface area contributed by atoms with Gasteiger partial charge in [-0.25, -0.2) is 4.98 Å². The fraction of sp³-hybridized carbons (Fsp3) is 0.714. The Morgan fingerprint density at radius 3 is 2.78 bits per heavy atom. The minimum absolute atomic E-state index is 0.116. The molecule has 0 aromatic carbocycles. The Bertz CT molecular complexity index is 405. The van der Waals surface area contributed by atoms with Crippen molar-refractivity contribution in [3.8, 4) is 0 Å². The standard InChI is InChI=1S/C14H23N3O/c1-3-12-9-17(11(2)15-12)10-14(18)16-13-7-5-4-6-8-13/h9,13H,3-8,10H2,1-2H3,(H,16,18). The molecule has 1 heterocycles. The van der Waals surface area contributed by atoms with Gasteiger partial charge < -0.3 is 9.88 Å². The maximum absolute atomic E-state index is 12.0. The number of hydrogen-bond acceptors (Lipinski definition) is 2. The van der Waals surface area contributed by atoms with Gasteiger partial charge in [-0.2, -0.15) is 0 Å². The van der Waals surface area contributed by atoms with Crippen molar-refractivity contribution in [3.63, 3.8) is 0 Å². The van der Waals surface area contributed by atoms with Crippen LogP contribution in [0.5, 0.6) is 0 Å². The van der Waals surface area contributed by atoms with E-state index in [9.17, 15) is 4.79 Å². The Morgan fingerprint density at radius 2 is 2.17 bits per heavy atom. The van der Waals surface area contributed by atoms with Crippen molar-refractivity contribution in [2.24, 2.45) is 0 Å². The fourth-order valence-corrected chi connectivity index (χ4v) is 2.58. The van der Waals surface area contributed by atoms with E-state index in [4.69, 9.17) is 0 Å². The van der Waals surface area contributed by atoms with E-state index in [0.717, 1.165) is 30.8 Å². The predicted octanol–water partition coefficient (Wildman–Crippen LogP) is 2.20. The zero-order valence-corrected chi connectivity index (χ0v) is 11.4. The highest BCUT2D eigenvalue weighted by Crippen LogP contribution is 2.17. The van der Waals surface area contributed by atoms with Gasteiger partial charge in [0.25, 0.3) is 0 Å². The van der Waals surface area contributed by atoms with Crippen LogP contribution in [0, 0.1) is 6.92 Å². The van der Waals surface area contributed by atoms with Crippen molar-refractivity contribution in [1.82, 2.24) is 14.9 Å². The van der Waals surface area contributed by atoms with Crippen LogP contribution in [-0.2, 0) is 17.8 Å². The molecule has 4 nitrogen and oxygen atoms in total. The molecule has 1 N–H and O–H groups in total. The number of aromatic nitrogens is 2. The lowest BCUT2D eigenvalue weighted by Gasteiger charge is -2.22. The number of nitrogens with zero attached hydrogens (tertiary/aromatic N) is 2. The lowest BCUT2D eigenvalue weighted by atomic mass is 9.95. The van der Waals surface area contributed by atoms with Crippen LogP contribution in [0.2, 0.25) is 0 Å². The van der Waals surface area contributed by atoms with Gasteiger partial charge in [-0.05, 0) is 26.2 Å². The Hall–Kier alpha value is -1.32. The smallest absolute Gasteiger partial charge is 0.240 e. The summed E-state index contributed by atoms with van der Waals surface area (Å²) in [5.41, 5.74) is 1.05. The summed E-state index contributed by atoms with van der Waals surface area (Å²) in [7, 11) is 0. The summed E-state index contributed by atoms with van der Waals surface area (Å²) >= 11 is 0. The van der Waals surface area contributed by atoms with Crippen LogP contribution in [0.4, 0.5) is 0 Å². The highest BCUT2D eigenvalue weighted by atomic mass is 16.2. The predicted molar refractivity (Wildman–Crippen MR) is 71.4 cm³/mol. The third-order valence-corrected chi connectivity index (χ3v) is 3.67. The molecule has 0 radical (unpaired) electrons. The summed E-state index contributed by atoms with van der Waals surface area (Å²) in [5, 5.41) is 3.13. The minimum atomic E-state index is 0.116.